The quantitative estimate of drug-likeness (QED) is 0.804. The van der Waals surface area contributed by atoms with Crippen molar-refractivity contribution < 1.29 is 9.53 Å². The Balaban J connectivity index is 1.65. The molecule has 0 spiro atoms. The lowest BCUT2D eigenvalue weighted by Gasteiger charge is -2.11. The number of benzene rings is 1. The van der Waals surface area contributed by atoms with Crippen LogP contribution >= 0.6 is 0 Å². The van der Waals surface area contributed by atoms with Crippen molar-refractivity contribution in [2.75, 3.05) is 11.9 Å². The van der Waals surface area contributed by atoms with Crippen LogP contribution in [0, 0.1) is 20.8 Å². The molecule has 3 rings (SSSR count). The SMILES string of the molecule is Cc1cn2cc(NC(=O)COc3cccc(C)c3C)ccc2n1. The molecule has 0 saturated carbocycles. The van der Waals surface area contributed by atoms with E-state index in [4.69, 9.17) is 4.74 Å². The molecule has 1 N–H and O–H groups in total. The third kappa shape index (κ3) is 3.34. The Morgan fingerprint density at radius 3 is 2.83 bits per heavy atom. The first kappa shape index (κ1) is 15.1. The van der Waals surface area contributed by atoms with Gasteiger partial charge in [-0.25, -0.2) is 4.98 Å². The standard InChI is InChI=1S/C18H19N3O2/c1-12-5-4-6-16(14(12)3)23-11-18(22)20-15-7-8-17-19-13(2)9-21(17)10-15/h4-10H,11H2,1-3H3,(H,20,22). The van der Waals surface area contributed by atoms with Gasteiger partial charge in [0.25, 0.3) is 5.91 Å². The van der Waals surface area contributed by atoms with Gasteiger partial charge in [0.2, 0.25) is 0 Å². The van der Waals surface area contributed by atoms with Gasteiger partial charge in [-0.3, -0.25) is 4.79 Å². The fraction of sp³-hybridized carbons (Fsp3) is 0.222. The van der Waals surface area contributed by atoms with Crippen molar-refractivity contribution in [3.05, 3.63) is 59.5 Å². The van der Waals surface area contributed by atoms with Gasteiger partial charge in [-0.15, -0.1) is 0 Å². The zero-order valence-electron chi connectivity index (χ0n) is 13.5. The number of nitrogens with zero attached hydrogens (tertiary/aromatic N) is 2. The Morgan fingerprint density at radius 2 is 2.00 bits per heavy atom. The monoisotopic (exact) mass is 309 g/mol. The molecule has 23 heavy (non-hydrogen) atoms. The number of amides is 1. The van der Waals surface area contributed by atoms with Crippen molar-refractivity contribution in [3.63, 3.8) is 0 Å². The first-order valence-electron chi connectivity index (χ1n) is 7.47. The van der Waals surface area contributed by atoms with Crippen molar-refractivity contribution in [3.8, 4) is 5.75 Å². The van der Waals surface area contributed by atoms with Gasteiger partial charge in [0.05, 0.1) is 11.4 Å². The molecule has 118 valence electrons. The zero-order chi connectivity index (χ0) is 16.4. The molecule has 0 saturated heterocycles. The van der Waals surface area contributed by atoms with Gasteiger partial charge in [0.1, 0.15) is 11.4 Å². The minimum atomic E-state index is -0.193. The summed E-state index contributed by atoms with van der Waals surface area (Å²) in [6, 6.07) is 9.51. The molecule has 1 amide bonds. The highest BCUT2D eigenvalue weighted by Crippen LogP contribution is 2.20. The normalized spacial score (nSPS) is 10.7. The van der Waals surface area contributed by atoms with Crippen LogP contribution in [-0.2, 0) is 4.79 Å². The molecule has 0 aliphatic carbocycles. The van der Waals surface area contributed by atoms with Gasteiger partial charge in [-0.05, 0) is 50.1 Å². The molecule has 2 heterocycles. The highest BCUT2D eigenvalue weighted by molar-refractivity contribution is 5.91. The largest absolute Gasteiger partial charge is 0.483 e. The summed E-state index contributed by atoms with van der Waals surface area (Å²) in [6.45, 7) is 5.91. The van der Waals surface area contributed by atoms with Crippen molar-refractivity contribution in [2.45, 2.75) is 20.8 Å². The van der Waals surface area contributed by atoms with E-state index in [1.54, 1.807) is 0 Å². The topological polar surface area (TPSA) is 55.6 Å². The number of ether oxygens (including phenoxy) is 1. The maximum absolute atomic E-state index is 12.1. The number of rotatable bonds is 4. The Kier molecular flexibility index (Phi) is 4.02. The lowest BCUT2D eigenvalue weighted by atomic mass is 10.1. The van der Waals surface area contributed by atoms with Gasteiger partial charge in [0, 0.05) is 12.4 Å². The van der Waals surface area contributed by atoms with E-state index in [0.717, 1.165) is 28.2 Å². The smallest absolute Gasteiger partial charge is 0.262 e. The molecule has 0 aliphatic heterocycles. The van der Waals surface area contributed by atoms with Crippen LogP contribution in [0.15, 0.2) is 42.7 Å². The molecule has 0 fully saturated rings. The highest BCUT2D eigenvalue weighted by atomic mass is 16.5. The molecular weight excluding hydrogens is 290 g/mol. The molecule has 0 aliphatic rings. The van der Waals surface area contributed by atoms with E-state index in [-0.39, 0.29) is 12.5 Å². The van der Waals surface area contributed by atoms with Crippen LogP contribution in [0.1, 0.15) is 16.8 Å². The van der Waals surface area contributed by atoms with Crippen LogP contribution in [0.25, 0.3) is 5.65 Å². The van der Waals surface area contributed by atoms with E-state index in [2.05, 4.69) is 10.3 Å². The lowest BCUT2D eigenvalue weighted by Crippen LogP contribution is -2.20. The van der Waals surface area contributed by atoms with Crippen molar-refractivity contribution >= 4 is 17.2 Å². The van der Waals surface area contributed by atoms with E-state index in [1.807, 2.05) is 67.9 Å². The molecule has 5 heteroatoms. The van der Waals surface area contributed by atoms with Gasteiger partial charge >= 0.3 is 0 Å². The summed E-state index contributed by atoms with van der Waals surface area (Å²) in [4.78, 5) is 16.4. The average molecular weight is 309 g/mol. The van der Waals surface area contributed by atoms with Crippen molar-refractivity contribution in [2.24, 2.45) is 0 Å². The summed E-state index contributed by atoms with van der Waals surface area (Å²) in [6.07, 6.45) is 3.75. The Hall–Kier alpha value is -2.82. The molecule has 0 bridgehead atoms. The Labute approximate surface area is 134 Å². The molecule has 5 nitrogen and oxygen atoms in total. The minimum Gasteiger partial charge on any atom is -0.483 e. The number of hydrogen-bond acceptors (Lipinski definition) is 3. The Bertz CT molecular complexity index is 868. The maximum atomic E-state index is 12.1. The van der Waals surface area contributed by atoms with Gasteiger partial charge in [0.15, 0.2) is 6.61 Å². The second-order valence-corrected chi connectivity index (χ2v) is 5.60. The first-order chi connectivity index (χ1) is 11.0. The van der Waals surface area contributed by atoms with E-state index in [9.17, 15) is 4.79 Å². The first-order valence-corrected chi connectivity index (χ1v) is 7.47. The van der Waals surface area contributed by atoms with Crippen LogP contribution < -0.4 is 10.1 Å². The van der Waals surface area contributed by atoms with Gasteiger partial charge < -0.3 is 14.5 Å². The van der Waals surface area contributed by atoms with E-state index >= 15 is 0 Å². The number of nitrogens with one attached hydrogen (secondary N) is 1. The molecule has 2 aromatic heterocycles. The third-order valence-corrected chi connectivity index (χ3v) is 3.77. The zero-order valence-corrected chi connectivity index (χ0v) is 13.5. The number of carbonyl (C=O) groups is 1. The molecular formula is C18H19N3O2. The van der Waals surface area contributed by atoms with Gasteiger partial charge in [-0.1, -0.05) is 12.1 Å². The van der Waals surface area contributed by atoms with Crippen LogP contribution in [-0.4, -0.2) is 21.9 Å². The maximum Gasteiger partial charge on any atom is 0.262 e. The van der Waals surface area contributed by atoms with E-state index < -0.39 is 0 Å². The second-order valence-electron chi connectivity index (χ2n) is 5.60. The average Bonchev–Trinajstić information content (AvgIpc) is 2.88. The lowest BCUT2D eigenvalue weighted by molar-refractivity contribution is -0.118. The predicted molar refractivity (Wildman–Crippen MR) is 90.0 cm³/mol. The summed E-state index contributed by atoms with van der Waals surface area (Å²) < 4.78 is 7.50. The van der Waals surface area contributed by atoms with E-state index in [1.165, 1.54) is 0 Å². The molecule has 3 aromatic rings. The van der Waals surface area contributed by atoms with Crippen LogP contribution in [0.3, 0.4) is 0 Å². The van der Waals surface area contributed by atoms with E-state index in [0.29, 0.717) is 5.69 Å². The summed E-state index contributed by atoms with van der Waals surface area (Å²) in [7, 11) is 0. The predicted octanol–water partition coefficient (Wildman–Crippen LogP) is 3.28. The van der Waals surface area contributed by atoms with Crippen LogP contribution in [0.2, 0.25) is 0 Å². The number of hydrogen-bond donors (Lipinski definition) is 1. The van der Waals surface area contributed by atoms with Crippen molar-refractivity contribution in [1.29, 1.82) is 0 Å². The number of imidazole rings is 1. The minimum absolute atomic E-state index is 0.0225. The number of carbonyl (C=O) groups excluding carboxylic acids is 1. The number of anilines is 1. The Morgan fingerprint density at radius 1 is 1.17 bits per heavy atom. The summed E-state index contributed by atoms with van der Waals surface area (Å²) >= 11 is 0. The number of aromatic nitrogens is 2. The number of fused-ring (bicyclic) bond motifs is 1. The second kappa shape index (κ2) is 6.12. The fourth-order valence-corrected chi connectivity index (χ4v) is 2.41. The summed E-state index contributed by atoms with van der Waals surface area (Å²) in [5.41, 5.74) is 4.70. The van der Waals surface area contributed by atoms with Crippen LogP contribution in [0.4, 0.5) is 5.69 Å². The molecule has 0 unspecified atom stereocenters. The van der Waals surface area contributed by atoms with Gasteiger partial charge in [-0.2, -0.15) is 0 Å². The fourth-order valence-electron chi connectivity index (χ4n) is 2.41. The number of pyridine rings is 1. The highest BCUT2D eigenvalue weighted by Gasteiger charge is 2.07. The summed E-state index contributed by atoms with van der Waals surface area (Å²) in [5.74, 6) is 0.544. The molecule has 0 radical (unpaired) electrons. The third-order valence-electron chi connectivity index (χ3n) is 3.77. The summed E-state index contributed by atoms with van der Waals surface area (Å²) in [5, 5.41) is 2.84. The molecule has 0 atom stereocenters. The van der Waals surface area contributed by atoms with Crippen molar-refractivity contribution in [1.82, 2.24) is 9.38 Å². The van der Waals surface area contributed by atoms with Crippen LogP contribution in [0.5, 0.6) is 5.75 Å². The number of aryl methyl sites for hydroxylation is 2. The molecule has 1 aromatic carbocycles.